The second-order valence-electron chi connectivity index (χ2n) is 4.74. The Labute approximate surface area is 138 Å². The number of aromatic hydroxyl groups is 1. The first-order valence-electron chi connectivity index (χ1n) is 6.58. The van der Waals surface area contributed by atoms with Gasteiger partial charge in [0.15, 0.2) is 11.6 Å². The smallest absolute Gasteiger partial charge is 0.417 e. The van der Waals surface area contributed by atoms with E-state index in [0.717, 1.165) is 6.07 Å². The number of halogens is 4. The average Bonchev–Trinajstić information content (AvgIpc) is 2.85. The summed E-state index contributed by atoms with van der Waals surface area (Å²) in [6.07, 6.45) is -2.61. The average molecular weight is 356 g/mol. The van der Waals surface area contributed by atoms with Crippen LogP contribution in [-0.2, 0) is 6.18 Å². The molecule has 0 spiro atoms. The van der Waals surface area contributed by atoms with Crippen molar-refractivity contribution in [3.63, 3.8) is 0 Å². The SMILES string of the molecule is Oc1oc(/C=N/Nc2ncc(C(F)(F)F)cc2Cl)c2ccccc12. The number of furan rings is 1. The van der Waals surface area contributed by atoms with Gasteiger partial charge in [0.25, 0.3) is 5.95 Å². The van der Waals surface area contributed by atoms with E-state index in [1.807, 2.05) is 0 Å². The monoisotopic (exact) mass is 355 g/mol. The molecule has 0 aliphatic rings. The van der Waals surface area contributed by atoms with Crippen LogP contribution in [0.25, 0.3) is 10.8 Å². The van der Waals surface area contributed by atoms with Crippen LogP contribution >= 0.6 is 11.6 Å². The molecule has 2 heterocycles. The van der Waals surface area contributed by atoms with Gasteiger partial charge in [0, 0.05) is 11.6 Å². The van der Waals surface area contributed by atoms with Crippen molar-refractivity contribution in [2.75, 3.05) is 5.43 Å². The van der Waals surface area contributed by atoms with Crippen molar-refractivity contribution in [2.45, 2.75) is 6.18 Å². The highest BCUT2D eigenvalue weighted by molar-refractivity contribution is 6.33. The molecule has 0 aliphatic heterocycles. The molecule has 0 aliphatic carbocycles. The highest BCUT2D eigenvalue weighted by Gasteiger charge is 2.31. The molecule has 0 unspecified atom stereocenters. The maximum Gasteiger partial charge on any atom is 0.417 e. The number of benzene rings is 1. The van der Waals surface area contributed by atoms with Gasteiger partial charge < -0.3 is 9.52 Å². The minimum absolute atomic E-state index is 0.0407. The Kier molecular flexibility index (Phi) is 4.06. The lowest BCUT2D eigenvalue weighted by Crippen LogP contribution is -2.06. The van der Waals surface area contributed by atoms with E-state index in [9.17, 15) is 18.3 Å². The number of aromatic nitrogens is 1. The number of hydrazone groups is 1. The van der Waals surface area contributed by atoms with Crippen molar-refractivity contribution in [2.24, 2.45) is 5.10 Å². The van der Waals surface area contributed by atoms with Crippen LogP contribution in [0.4, 0.5) is 19.0 Å². The number of nitrogens with zero attached hydrogens (tertiary/aromatic N) is 2. The molecule has 24 heavy (non-hydrogen) atoms. The van der Waals surface area contributed by atoms with E-state index in [0.29, 0.717) is 17.0 Å². The Morgan fingerprint density at radius 3 is 2.62 bits per heavy atom. The van der Waals surface area contributed by atoms with Gasteiger partial charge in [-0.2, -0.15) is 18.3 Å². The first-order valence-corrected chi connectivity index (χ1v) is 6.96. The van der Waals surface area contributed by atoms with Gasteiger partial charge in [0.2, 0.25) is 0 Å². The standard InChI is InChI=1S/C15H9ClF3N3O2/c16-11-5-8(15(17,18)19)6-20-13(11)22-21-7-12-9-3-1-2-4-10(9)14(23)24-12/h1-7,23H,(H,20,22)/b21-7+. The van der Waals surface area contributed by atoms with Crippen LogP contribution in [-0.4, -0.2) is 16.3 Å². The molecule has 2 N–H and O–H groups in total. The molecule has 0 amide bonds. The second-order valence-corrected chi connectivity index (χ2v) is 5.15. The second kappa shape index (κ2) is 6.04. The molecule has 124 valence electrons. The largest absolute Gasteiger partial charge is 0.480 e. The van der Waals surface area contributed by atoms with Gasteiger partial charge >= 0.3 is 6.18 Å². The number of rotatable bonds is 3. The summed E-state index contributed by atoms with van der Waals surface area (Å²) < 4.78 is 42.8. The molecule has 0 bridgehead atoms. The Bertz CT molecular complexity index is 922. The fourth-order valence-electron chi connectivity index (χ4n) is 2.02. The van der Waals surface area contributed by atoms with Crippen molar-refractivity contribution >= 4 is 34.4 Å². The van der Waals surface area contributed by atoms with Crippen LogP contribution in [0.2, 0.25) is 5.02 Å². The zero-order chi connectivity index (χ0) is 17.3. The molecule has 0 fully saturated rings. The fraction of sp³-hybridized carbons (Fsp3) is 0.0667. The van der Waals surface area contributed by atoms with Crippen molar-refractivity contribution in [1.29, 1.82) is 0 Å². The van der Waals surface area contributed by atoms with Crippen LogP contribution in [0.15, 0.2) is 46.0 Å². The van der Waals surface area contributed by atoms with Gasteiger partial charge in [-0.1, -0.05) is 29.8 Å². The van der Waals surface area contributed by atoms with Crippen molar-refractivity contribution in [3.8, 4) is 5.95 Å². The Hall–Kier alpha value is -2.74. The summed E-state index contributed by atoms with van der Waals surface area (Å²) in [5.74, 6) is -0.0163. The van der Waals surface area contributed by atoms with Crippen LogP contribution in [0.1, 0.15) is 11.3 Å². The zero-order valence-corrected chi connectivity index (χ0v) is 12.6. The maximum atomic E-state index is 12.5. The van der Waals surface area contributed by atoms with Crippen LogP contribution < -0.4 is 5.43 Å². The van der Waals surface area contributed by atoms with E-state index >= 15 is 0 Å². The van der Waals surface area contributed by atoms with Crippen molar-refractivity contribution in [3.05, 3.63) is 52.9 Å². The molecule has 5 nitrogen and oxygen atoms in total. The minimum atomic E-state index is -4.52. The van der Waals surface area contributed by atoms with Gasteiger partial charge in [-0.05, 0) is 12.1 Å². The van der Waals surface area contributed by atoms with Gasteiger partial charge in [-0.25, -0.2) is 4.98 Å². The van der Waals surface area contributed by atoms with Gasteiger partial charge in [-0.15, -0.1) is 0 Å². The highest BCUT2D eigenvalue weighted by Crippen LogP contribution is 2.32. The Balaban J connectivity index is 1.81. The molecule has 0 radical (unpaired) electrons. The van der Waals surface area contributed by atoms with Gasteiger partial charge in [-0.3, -0.25) is 5.43 Å². The van der Waals surface area contributed by atoms with E-state index < -0.39 is 11.7 Å². The lowest BCUT2D eigenvalue weighted by Gasteiger charge is -2.08. The van der Waals surface area contributed by atoms with Crippen LogP contribution in [0, 0.1) is 0 Å². The van der Waals surface area contributed by atoms with Crippen LogP contribution in [0.3, 0.4) is 0 Å². The third-order valence-electron chi connectivity index (χ3n) is 3.15. The lowest BCUT2D eigenvalue weighted by molar-refractivity contribution is -0.137. The van der Waals surface area contributed by atoms with E-state index in [-0.39, 0.29) is 22.5 Å². The molecular formula is C15H9ClF3N3O2. The maximum absolute atomic E-state index is 12.5. The van der Waals surface area contributed by atoms with Gasteiger partial charge in [0.1, 0.15) is 0 Å². The van der Waals surface area contributed by atoms with Gasteiger partial charge in [0.05, 0.1) is 22.2 Å². The molecule has 0 saturated carbocycles. The minimum Gasteiger partial charge on any atom is -0.480 e. The Morgan fingerprint density at radius 2 is 1.96 bits per heavy atom. The van der Waals surface area contributed by atoms with E-state index in [1.165, 1.54) is 6.21 Å². The highest BCUT2D eigenvalue weighted by atomic mass is 35.5. The predicted molar refractivity (Wildman–Crippen MR) is 83.3 cm³/mol. The first-order chi connectivity index (χ1) is 11.4. The number of fused-ring (bicyclic) bond motifs is 1. The quantitative estimate of drug-likeness (QED) is 0.530. The summed E-state index contributed by atoms with van der Waals surface area (Å²) in [4.78, 5) is 3.59. The number of hydrogen-bond acceptors (Lipinski definition) is 5. The fourth-order valence-corrected chi connectivity index (χ4v) is 2.23. The Morgan fingerprint density at radius 1 is 1.25 bits per heavy atom. The molecule has 0 saturated heterocycles. The lowest BCUT2D eigenvalue weighted by atomic mass is 10.2. The first kappa shape index (κ1) is 16.1. The molecule has 1 aromatic carbocycles. The number of anilines is 1. The summed E-state index contributed by atoms with van der Waals surface area (Å²) in [5, 5.41) is 14.4. The molecule has 9 heteroatoms. The third kappa shape index (κ3) is 3.13. The van der Waals surface area contributed by atoms with Crippen molar-refractivity contribution in [1.82, 2.24) is 4.98 Å². The van der Waals surface area contributed by atoms with E-state index in [1.54, 1.807) is 24.3 Å². The molecule has 3 aromatic rings. The van der Waals surface area contributed by atoms with Crippen LogP contribution in [0.5, 0.6) is 5.95 Å². The number of alkyl halides is 3. The predicted octanol–water partition coefficient (Wildman–Crippen LogP) is 4.65. The summed E-state index contributed by atoms with van der Waals surface area (Å²) in [6, 6.07) is 7.65. The topological polar surface area (TPSA) is 70.7 Å². The summed E-state index contributed by atoms with van der Waals surface area (Å²) in [6.45, 7) is 0. The summed E-state index contributed by atoms with van der Waals surface area (Å²) in [5.41, 5.74) is 1.48. The number of nitrogens with one attached hydrogen (secondary N) is 1. The summed E-state index contributed by atoms with van der Waals surface area (Å²) in [7, 11) is 0. The number of hydrogen-bond donors (Lipinski definition) is 2. The molecule has 2 aromatic heterocycles. The number of pyridine rings is 1. The van der Waals surface area contributed by atoms with E-state index in [2.05, 4.69) is 15.5 Å². The molecule has 3 rings (SSSR count). The van der Waals surface area contributed by atoms with E-state index in [4.69, 9.17) is 16.0 Å². The van der Waals surface area contributed by atoms with Crippen molar-refractivity contribution < 1.29 is 22.7 Å². The molecule has 0 atom stereocenters. The normalized spacial score (nSPS) is 12.2. The zero-order valence-electron chi connectivity index (χ0n) is 11.8. The summed E-state index contributed by atoms with van der Waals surface area (Å²) >= 11 is 5.75. The molecular weight excluding hydrogens is 347 g/mol. The third-order valence-corrected chi connectivity index (χ3v) is 3.44.